The summed E-state index contributed by atoms with van der Waals surface area (Å²) in [6.07, 6.45) is -0.750. The number of nitrogens with zero attached hydrogens (tertiary/aromatic N) is 1. The molecule has 0 spiro atoms. The molecule has 244 valence electrons. The Hall–Kier alpha value is -2.37. The number of nitrogens with one attached hydrogen (secondary N) is 2. The highest BCUT2D eigenvalue weighted by atomic mass is 35.5. The molecular formula is C29H48ClN4O8P. The first-order chi connectivity index (χ1) is 19.8. The van der Waals surface area contributed by atoms with Crippen molar-refractivity contribution in [2.75, 3.05) is 26.4 Å². The van der Waals surface area contributed by atoms with Crippen LogP contribution >= 0.6 is 19.6 Å². The van der Waals surface area contributed by atoms with E-state index in [1.807, 2.05) is 27.7 Å². The third-order valence-electron chi connectivity index (χ3n) is 7.70. The van der Waals surface area contributed by atoms with Gasteiger partial charge in [0.15, 0.2) is 0 Å². The summed E-state index contributed by atoms with van der Waals surface area (Å²) < 4.78 is 27.0. The fraction of sp³-hybridized carbons (Fsp3) is 0.690. The van der Waals surface area contributed by atoms with Gasteiger partial charge < -0.3 is 35.8 Å². The number of amides is 3. The number of urea groups is 1. The summed E-state index contributed by atoms with van der Waals surface area (Å²) in [6, 6.07) is 5.63. The molecule has 1 aliphatic rings. The zero-order chi connectivity index (χ0) is 32.8. The highest BCUT2D eigenvalue weighted by molar-refractivity contribution is 7.39. The second-order valence-electron chi connectivity index (χ2n) is 12.9. The molecular weight excluding hydrogens is 599 g/mol. The van der Waals surface area contributed by atoms with Crippen LogP contribution in [0.25, 0.3) is 0 Å². The Morgan fingerprint density at radius 1 is 1.14 bits per heavy atom. The lowest BCUT2D eigenvalue weighted by Crippen LogP contribution is -2.61. The van der Waals surface area contributed by atoms with E-state index in [0.717, 1.165) is 5.56 Å². The molecule has 1 aliphatic heterocycles. The summed E-state index contributed by atoms with van der Waals surface area (Å²) >= 11 is 6.03. The van der Waals surface area contributed by atoms with E-state index >= 15 is 0 Å². The van der Waals surface area contributed by atoms with Gasteiger partial charge >= 0.3 is 12.2 Å². The van der Waals surface area contributed by atoms with Crippen LogP contribution in [0, 0.1) is 17.3 Å². The second-order valence-corrected chi connectivity index (χ2v) is 14.9. The minimum absolute atomic E-state index is 0.0631. The lowest BCUT2D eigenvalue weighted by atomic mass is 9.66. The number of hydrogen-bond acceptors (Lipinski definition) is 9. The van der Waals surface area contributed by atoms with Crippen LogP contribution in [-0.4, -0.2) is 72.0 Å². The highest BCUT2D eigenvalue weighted by Crippen LogP contribution is 2.46. The van der Waals surface area contributed by atoms with Crippen molar-refractivity contribution in [1.82, 2.24) is 15.5 Å². The maximum Gasteiger partial charge on any atom is 0.511 e. The highest BCUT2D eigenvalue weighted by Gasteiger charge is 2.50. The number of carbonyl (C=O) groups excluding carboxylic acids is 3. The lowest BCUT2D eigenvalue weighted by Gasteiger charge is -2.51. The molecule has 1 aromatic carbocycles. The number of aliphatic hydroxyl groups is 1. The Morgan fingerprint density at radius 2 is 1.74 bits per heavy atom. The van der Waals surface area contributed by atoms with Crippen molar-refractivity contribution in [1.29, 1.82) is 0 Å². The van der Waals surface area contributed by atoms with Crippen LogP contribution in [0.2, 0.25) is 5.02 Å². The number of halogens is 1. The fourth-order valence-electron chi connectivity index (χ4n) is 4.76. The van der Waals surface area contributed by atoms with Crippen LogP contribution in [0.4, 0.5) is 9.59 Å². The van der Waals surface area contributed by atoms with Crippen molar-refractivity contribution < 1.29 is 38.1 Å². The molecule has 0 radical (unpaired) electrons. The standard InChI is InChI=1S/C29H48ClN4O8P/c1-18(2)22(24(35)34-14-13-29(38,27(5,6)16-34)20-9-11-21(30)12-10-20)33-25(36)32-15-28(7,8)42-26(37)40-17-41-43(39)23(31)19(3)4/h9-12,18-19,22-23,38,43H,13-17,31H2,1-8H3,(H2,32,33,36)/t22?,23?,29-/m0/s1. The van der Waals surface area contributed by atoms with E-state index < -0.39 is 55.4 Å². The number of benzene rings is 1. The molecule has 3 amide bonds. The van der Waals surface area contributed by atoms with E-state index in [9.17, 15) is 24.1 Å². The van der Waals surface area contributed by atoms with Gasteiger partial charge in [-0.05, 0) is 49.8 Å². The Morgan fingerprint density at radius 3 is 2.28 bits per heavy atom. The fourth-order valence-corrected chi connectivity index (χ4v) is 5.80. The predicted molar refractivity (Wildman–Crippen MR) is 165 cm³/mol. The third kappa shape index (κ3) is 10.1. The van der Waals surface area contributed by atoms with Crippen LogP contribution < -0.4 is 16.4 Å². The van der Waals surface area contributed by atoms with Crippen LogP contribution in [0.5, 0.6) is 0 Å². The van der Waals surface area contributed by atoms with Crippen molar-refractivity contribution in [3.05, 3.63) is 34.9 Å². The number of carbonyl (C=O) groups is 3. The van der Waals surface area contributed by atoms with E-state index in [4.69, 9.17) is 31.3 Å². The molecule has 43 heavy (non-hydrogen) atoms. The smallest absolute Gasteiger partial charge is 0.426 e. The van der Waals surface area contributed by atoms with Gasteiger partial charge in [-0.1, -0.05) is 65.3 Å². The number of ether oxygens (including phenoxy) is 2. The first kappa shape index (κ1) is 36.8. The van der Waals surface area contributed by atoms with Gasteiger partial charge in [0.25, 0.3) is 0 Å². The van der Waals surface area contributed by atoms with Crippen molar-refractivity contribution in [2.45, 2.75) is 84.8 Å². The zero-order valence-corrected chi connectivity index (χ0v) is 28.1. The molecule has 5 N–H and O–H groups in total. The second kappa shape index (κ2) is 15.1. The lowest BCUT2D eigenvalue weighted by molar-refractivity contribution is -0.155. The summed E-state index contributed by atoms with van der Waals surface area (Å²) in [5, 5.41) is 17.6. The van der Waals surface area contributed by atoms with Crippen molar-refractivity contribution in [3.8, 4) is 0 Å². The summed E-state index contributed by atoms with van der Waals surface area (Å²) in [5.74, 6) is -1.21. The van der Waals surface area contributed by atoms with Gasteiger partial charge in [-0.2, -0.15) is 0 Å². The van der Waals surface area contributed by atoms with Gasteiger partial charge in [-0.15, -0.1) is 0 Å². The molecule has 12 nitrogen and oxygen atoms in total. The van der Waals surface area contributed by atoms with Gasteiger partial charge in [0.1, 0.15) is 11.6 Å². The summed E-state index contributed by atoms with van der Waals surface area (Å²) in [4.78, 5) is 40.1. The summed E-state index contributed by atoms with van der Waals surface area (Å²) in [5.41, 5.74) is 3.48. The molecule has 1 aromatic rings. The first-order valence-corrected chi connectivity index (χ1v) is 16.2. The molecule has 2 rings (SSSR count). The minimum atomic E-state index is -2.60. The van der Waals surface area contributed by atoms with Crippen molar-refractivity contribution >= 4 is 37.7 Å². The quantitative estimate of drug-likeness (QED) is 0.146. The largest absolute Gasteiger partial charge is 0.511 e. The molecule has 0 aromatic heterocycles. The van der Waals surface area contributed by atoms with Crippen molar-refractivity contribution in [2.24, 2.45) is 23.0 Å². The SMILES string of the molecule is CC(C)C(NC(=O)NCC(C)(C)OC(=O)OCO[PH](=O)C(N)C(C)C)C(=O)N1CC[C@](O)(c2ccc(Cl)cc2)C(C)(C)C1. The van der Waals surface area contributed by atoms with E-state index in [-0.39, 0.29) is 30.8 Å². The number of rotatable bonds is 12. The molecule has 14 heteroatoms. The predicted octanol–water partition coefficient (Wildman–Crippen LogP) is 4.43. The van der Waals surface area contributed by atoms with E-state index in [1.54, 1.807) is 56.9 Å². The number of nitrogens with two attached hydrogens (primary N) is 1. The Kier molecular flexibility index (Phi) is 12.9. The molecule has 1 heterocycles. The maximum atomic E-state index is 13.6. The minimum Gasteiger partial charge on any atom is -0.426 e. The van der Waals surface area contributed by atoms with Gasteiger partial charge in [0.2, 0.25) is 20.7 Å². The number of hydrogen-bond donors (Lipinski definition) is 4. The van der Waals surface area contributed by atoms with Crippen LogP contribution in [0.3, 0.4) is 0 Å². The Bertz CT molecular complexity index is 1150. The molecule has 1 saturated heterocycles. The third-order valence-corrected chi connectivity index (χ3v) is 9.57. The van der Waals surface area contributed by atoms with E-state index in [2.05, 4.69) is 10.6 Å². The molecule has 4 atom stereocenters. The van der Waals surface area contributed by atoms with Gasteiger partial charge in [0, 0.05) is 23.5 Å². The summed E-state index contributed by atoms with van der Waals surface area (Å²) in [6.45, 7) is 14.1. The van der Waals surface area contributed by atoms with Gasteiger partial charge in [0.05, 0.1) is 17.9 Å². The van der Waals surface area contributed by atoms with Gasteiger partial charge in [-0.25, -0.2) is 9.59 Å². The van der Waals surface area contributed by atoms with E-state index in [1.165, 1.54) is 0 Å². The van der Waals surface area contributed by atoms with Crippen LogP contribution in [0.1, 0.15) is 67.4 Å². The Labute approximate surface area is 260 Å². The molecule has 0 bridgehead atoms. The average molecular weight is 647 g/mol. The number of likely N-dealkylation sites (tertiary alicyclic amines) is 1. The molecule has 0 saturated carbocycles. The van der Waals surface area contributed by atoms with Crippen LogP contribution in [-0.2, 0) is 29.0 Å². The Balaban J connectivity index is 1.92. The average Bonchev–Trinajstić information content (AvgIpc) is 2.91. The first-order valence-electron chi connectivity index (χ1n) is 14.4. The maximum absolute atomic E-state index is 13.6. The monoisotopic (exact) mass is 646 g/mol. The molecule has 0 aliphatic carbocycles. The summed E-state index contributed by atoms with van der Waals surface area (Å²) in [7, 11) is -2.60. The normalized spacial score (nSPS) is 20.7. The van der Waals surface area contributed by atoms with Crippen molar-refractivity contribution in [3.63, 3.8) is 0 Å². The number of piperidine rings is 1. The van der Waals surface area contributed by atoms with Crippen LogP contribution in [0.15, 0.2) is 24.3 Å². The zero-order valence-electron chi connectivity index (χ0n) is 26.4. The topological polar surface area (TPSA) is 170 Å². The molecule has 3 unspecified atom stereocenters. The molecule has 1 fully saturated rings. The van der Waals surface area contributed by atoms with Gasteiger partial charge in [-0.3, -0.25) is 13.9 Å². The van der Waals surface area contributed by atoms with E-state index in [0.29, 0.717) is 18.0 Å².